The molecule has 21 heavy (non-hydrogen) atoms. The van der Waals surface area contributed by atoms with E-state index in [0.717, 1.165) is 35.2 Å². The number of nitrogens with two attached hydrogens (primary N) is 1. The van der Waals surface area contributed by atoms with Gasteiger partial charge >= 0.3 is 0 Å². The normalized spacial score (nSPS) is 22.3. The number of benzene rings is 1. The summed E-state index contributed by atoms with van der Waals surface area (Å²) in [5.41, 5.74) is 7.73. The molecule has 2 aromatic rings. The lowest BCUT2D eigenvalue weighted by Crippen LogP contribution is -2.17. The molecule has 4 heteroatoms. The first-order valence-electron chi connectivity index (χ1n) is 7.98. The average molecular weight is 284 g/mol. The lowest BCUT2D eigenvalue weighted by Gasteiger charge is -2.26. The number of fused-ring (bicyclic) bond motifs is 1. The summed E-state index contributed by atoms with van der Waals surface area (Å²) in [5.74, 6) is 2.94. The van der Waals surface area contributed by atoms with Gasteiger partial charge in [0.25, 0.3) is 0 Å². The van der Waals surface area contributed by atoms with E-state index >= 15 is 0 Å². The number of nitrogen functional groups attached to an aromatic ring is 1. The molecule has 0 radical (unpaired) electrons. The number of aromatic nitrogens is 2. The van der Waals surface area contributed by atoms with Crippen molar-refractivity contribution in [3.05, 3.63) is 24.3 Å². The van der Waals surface area contributed by atoms with Crippen molar-refractivity contribution in [3.63, 3.8) is 0 Å². The van der Waals surface area contributed by atoms with Crippen LogP contribution in [-0.4, -0.2) is 16.5 Å². The molecule has 0 bridgehead atoms. The SMILES string of the molecule is CC1CCCC(CCNc2nc3ccccc3nc2N)C1. The zero-order chi connectivity index (χ0) is 14.7. The minimum absolute atomic E-state index is 0.491. The van der Waals surface area contributed by atoms with E-state index in [1.165, 1.54) is 32.1 Å². The Balaban J connectivity index is 1.61. The maximum Gasteiger partial charge on any atom is 0.169 e. The highest BCUT2D eigenvalue weighted by atomic mass is 15.1. The largest absolute Gasteiger partial charge is 0.381 e. The maximum atomic E-state index is 5.99. The summed E-state index contributed by atoms with van der Waals surface area (Å²) in [5, 5.41) is 3.37. The fourth-order valence-corrected chi connectivity index (χ4v) is 3.36. The number of nitrogens with zero attached hydrogens (tertiary/aromatic N) is 2. The Hall–Kier alpha value is -1.84. The zero-order valence-electron chi connectivity index (χ0n) is 12.7. The lowest BCUT2D eigenvalue weighted by atomic mass is 9.81. The summed E-state index contributed by atoms with van der Waals surface area (Å²) in [4.78, 5) is 8.98. The van der Waals surface area contributed by atoms with Gasteiger partial charge in [-0.3, -0.25) is 0 Å². The van der Waals surface area contributed by atoms with E-state index < -0.39 is 0 Å². The Kier molecular flexibility index (Phi) is 4.23. The van der Waals surface area contributed by atoms with E-state index in [1.54, 1.807) is 0 Å². The van der Waals surface area contributed by atoms with Crippen LogP contribution in [0.25, 0.3) is 11.0 Å². The highest BCUT2D eigenvalue weighted by molar-refractivity contribution is 5.79. The fraction of sp³-hybridized carbons (Fsp3) is 0.529. The first-order chi connectivity index (χ1) is 10.2. The van der Waals surface area contributed by atoms with Crippen molar-refractivity contribution in [2.75, 3.05) is 17.6 Å². The van der Waals surface area contributed by atoms with Crippen LogP contribution in [0.15, 0.2) is 24.3 Å². The number of hydrogen-bond donors (Lipinski definition) is 2. The van der Waals surface area contributed by atoms with Crippen LogP contribution in [0.5, 0.6) is 0 Å². The quantitative estimate of drug-likeness (QED) is 0.895. The second-order valence-corrected chi connectivity index (χ2v) is 6.30. The van der Waals surface area contributed by atoms with Crippen LogP contribution in [0.3, 0.4) is 0 Å². The Morgan fingerprint density at radius 3 is 2.71 bits per heavy atom. The van der Waals surface area contributed by atoms with Gasteiger partial charge in [-0.1, -0.05) is 38.3 Å². The van der Waals surface area contributed by atoms with Crippen molar-refractivity contribution in [3.8, 4) is 0 Å². The van der Waals surface area contributed by atoms with E-state index in [1.807, 2.05) is 24.3 Å². The molecule has 0 saturated heterocycles. The lowest BCUT2D eigenvalue weighted by molar-refractivity contribution is 0.274. The Morgan fingerprint density at radius 1 is 1.19 bits per heavy atom. The van der Waals surface area contributed by atoms with Crippen LogP contribution < -0.4 is 11.1 Å². The van der Waals surface area contributed by atoms with Gasteiger partial charge in [0.15, 0.2) is 11.6 Å². The monoisotopic (exact) mass is 284 g/mol. The number of para-hydroxylation sites is 2. The minimum Gasteiger partial charge on any atom is -0.381 e. The van der Waals surface area contributed by atoms with Crippen LogP contribution in [0, 0.1) is 11.8 Å². The maximum absolute atomic E-state index is 5.99. The van der Waals surface area contributed by atoms with Gasteiger partial charge in [0.2, 0.25) is 0 Å². The molecule has 4 nitrogen and oxygen atoms in total. The van der Waals surface area contributed by atoms with Crippen molar-refractivity contribution in [1.82, 2.24) is 9.97 Å². The summed E-state index contributed by atoms with van der Waals surface area (Å²) in [6, 6.07) is 7.83. The van der Waals surface area contributed by atoms with Crippen LogP contribution >= 0.6 is 0 Å². The summed E-state index contributed by atoms with van der Waals surface area (Å²) in [6.45, 7) is 3.29. The molecule has 2 atom stereocenters. The van der Waals surface area contributed by atoms with Gasteiger partial charge in [-0.25, -0.2) is 9.97 Å². The van der Waals surface area contributed by atoms with Crippen LogP contribution in [0.1, 0.15) is 39.0 Å². The van der Waals surface area contributed by atoms with Crippen molar-refractivity contribution >= 4 is 22.7 Å². The van der Waals surface area contributed by atoms with Crippen molar-refractivity contribution in [2.45, 2.75) is 39.0 Å². The summed E-state index contributed by atoms with van der Waals surface area (Å²) >= 11 is 0. The molecular formula is C17H24N4. The number of anilines is 2. The third-order valence-electron chi connectivity index (χ3n) is 4.49. The van der Waals surface area contributed by atoms with Crippen molar-refractivity contribution in [1.29, 1.82) is 0 Å². The van der Waals surface area contributed by atoms with Crippen molar-refractivity contribution < 1.29 is 0 Å². The van der Waals surface area contributed by atoms with Crippen LogP contribution in [-0.2, 0) is 0 Å². The predicted octanol–water partition coefficient (Wildman–Crippen LogP) is 3.84. The molecule has 112 valence electrons. The van der Waals surface area contributed by atoms with Crippen LogP contribution in [0.4, 0.5) is 11.6 Å². The van der Waals surface area contributed by atoms with Gasteiger partial charge in [-0.05, 0) is 36.8 Å². The van der Waals surface area contributed by atoms with E-state index in [-0.39, 0.29) is 0 Å². The van der Waals surface area contributed by atoms with E-state index in [4.69, 9.17) is 5.73 Å². The fourth-order valence-electron chi connectivity index (χ4n) is 3.36. The molecule has 1 heterocycles. The molecule has 1 fully saturated rings. The smallest absolute Gasteiger partial charge is 0.169 e. The van der Waals surface area contributed by atoms with Gasteiger partial charge < -0.3 is 11.1 Å². The molecule has 0 amide bonds. The van der Waals surface area contributed by atoms with E-state index in [2.05, 4.69) is 22.2 Å². The van der Waals surface area contributed by atoms with E-state index in [0.29, 0.717) is 5.82 Å². The molecule has 1 aliphatic rings. The molecule has 0 spiro atoms. The zero-order valence-corrected chi connectivity index (χ0v) is 12.7. The standard InChI is InChI=1S/C17H24N4/c1-12-5-4-6-13(11-12)9-10-19-17-16(18)20-14-7-2-3-8-15(14)21-17/h2-3,7-8,12-13H,4-6,9-11H2,1H3,(H2,18,20)(H,19,21). The summed E-state index contributed by atoms with van der Waals surface area (Å²) in [7, 11) is 0. The van der Waals surface area contributed by atoms with Crippen LogP contribution in [0.2, 0.25) is 0 Å². The van der Waals surface area contributed by atoms with Gasteiger partial charge in [0.1, 0.15) is 0 Å². The minimum atomic E-state index is 0.491. The first-order valence-corrected chi connectivity index (χ1v) is 7.98. The molecule has 0 aliphatic heterocycles. The second kappa shape index (κ2) is 6.29. The molecule has 1 saturated carbocycles. The highest BCUT2D eigenvalue weighted by Crippen LogP contribution is 2.30. The predicted molar refractivity (Wildman–Crippen MR) is 88.2 cm³/mol. The van der Waals surface area contributed by atoms with Gasteiger partial charge in [0.05, 0.1) is 11.0 Å². The molecule has 1 aromatic heterocycles. The Bertz CT molecular complexity index is 611. The van der Waals surface area contributed by atoms with Gasteiger partial charge in [-0.2, -0.15) is 0 Å². The first kappa shape index (κ1) is 14.1. The second-order valence-electron chi connectivity index (χ2n) is 6.30. The highest BCUT2D eigenvalue weighted by Gasteiger charge is 2.18. The number of nitrogens with one attached hydrogen (secondary N) is 1. The molecular weight excluding hydrogens is 260 g/mol. The molecule has 3 rings (SSSR count). The van der Waals surface area contributed by atoms with Crippen molar-refractivity contribution in [2.24, 2.45) is 11.8 Å². The third-order valence-corrected chi connectivity index (χ3v) is 4.49. The van der Waals surface area contributed by atoms with E-state index in [9.17, 15) is 0 Å². The number of hydrogen-bond acceptors (Lipinski definition) is 4. The summed E-state index contributed by atoms with van der Waals surface area (Å²) in [6.07, 6.45) is 6.69. The third kappa shape index (κ3) is 3.43. The summed E-state index contributed by atoms with van der Waals surface area (Å²) < 4.78 is 0. The topological polar surface area (TPSA) is 63.8 Å². The average Bonchev–Trinajstić information content (AvgIpc) is 2.48. The molecule has 1 aromatic carbocycles. The molecule has 1 aliphatic carbocycles. The Morgan fingerprint density at radius 2 is 1.95 bits per heavy atom. The number of rotatable bonds is 4. The molecule has 3 N–H and O–H groups in total. The molecule has 2 unspecified atom stereocenters. The Labute approximate surface area is 126 Å². The van der Waals surface area contributed by atoms with Gasteiger partial charge in [0, 0.05) is 6.54 Å². The van der Waals surface area contributed by atoms with Gasteiger partial charge in [-0.15, -0.1) is 0 Å².